The summed E-state index contributed by atoms with van der Waals surface area (Å²) in [6.45, 7) is 9.73. The zero-order valence-corrected chi connectivity index (χ0v) is 18.4. The minimum atomic E-state index is -2.41. The van der Waals surface area contributed by atoms with Crippen molar-refractivity contribution in [3.8, 4) is 0 Å². The van der Waals surface area contributed by atoms with Crippen LogP contribution in [0.2, 0.25) is 25.2 Å². The molecule has 0 spiro atoms. The smallest absolute Gasteiger partial charge is 0.328 e. The van der Waals surface area contributed by atoms with Gasteiger partial charge >= 0.3 is 17.1 Å². The van der Waals surface area contributed by atoms with E-state index in [0.29, 0.717) is 0 Å². The lowest BCUT2D eigenvalue weighted by atomic mass is 10.5. The monoisotopic (exact) mass is 394 g/mol. The lowest BCUT2D eigenvalue weighted by molar-refractivity contribution is 0.0505. The summed E-state index contributed by atoms with van der Waals surface area (Å²) in [5, 5.41) is 0. The van der Waals surface area contributed by atoms with Gasteiger partial charge in [0, 0.05) is 39.5 Å². The van der Waals surface area contributed by atoms with Crippen molar-refractivity contribution in [2.24, 2.45) is 0 Å². The zero-order chi connectivity index (χ0) is 18.5. The Hall–Kier alpha value is 0.154. The summed E-state index contributed by atoms with van der Waals surface area (Å²) in [7, 11) is -1.40. The fraction of sp³-hybridized carbons (Fsp3) is 1.00. The number of ether oxygens (including phenoxy) is 4. The highest BCUT2D eigenvalue weighted by Gasteiger charge is 2.54. The quantitative estimate of drug-likeness (QED) is 0.331. The van der Waals surface area contributed by atoms with Crippen LogP contribution in [0.5, 0.6) is 0 Å². The molecule has 2 fully saturated rings. The number of hydrogen-bond acceptors (Lipinski definition) is 7. The van der Waals surface area contributed by atoms with E-state index in [-0.39, 0.29) is 24.8 Å². The average molecular weight is 395 g/mol. The SMILES string of the molecule is CCCOC1OC1C[Si](C)(OC)O[Si](C)(CC1OC1OCCC)OC. The van der Waals surface area contributed by atoms with Crippen LogP contribution in [0.4, 0.5) is 0 Å². The van der Waals surface area contributed by atoms with Crippen LogP contribution in [0.15, 0.2) is 0 Å². The summed E-state index contributed by atoms with van der Waals surface area (Å²) in [6.07, 6.45) is 1.88. The van der Waals surface area contributed by atoms with E-state index < -0.39 is 17.1 Å². The molecule has 2 rings (SSSR count). The molecule has 2 saturated heterocycles. The summed E-state index contributed by atoms with van der Waals surface area (Å²) in [6, 6.07) is 1.48. The molecule has 2 aliphatic heterocycles. The molecule has 0 amide bonds. The zero-order valence-electron chi connectivity index (χ0n) is 16.4. The van der Waals surface area contributed by atoms with Crippen LogP contribution in [0, 0.1) is 0 Å². The number of rotatable bonds is 14. The Balaban J connectivity index is 1.82. The summed E-state index contributed by atoms with van der Waals surface area (Å²) in [4.78, 5) is 0. The molecule has 25 heavy (non-hydrogen) atoms. The van der Waals surface area contributed by atoms with Crippen molar-refractivity contribution in [3.05, 3.63) is 0 Å². The standard InChI is InChI=1S/C16H34O7Si2/c1-7-9-19-15-13(21-15)11-24(5,17-3)23-25(6,18-4)12-14-16(22-14)20-10-8-2/h13-16H,7-12H2,1-6H3. The lowest BCUT2D eigenvalue weighted by Gasteiger charge is -2.34. The molecule has 0 bridgehead atoms. The van der Waals surface area contributed by atoms with E-state index in [9.17, 15) is 0 Å². The third-order valence-corrected chi connectivity index (χ3v) is 12.0. The minimum Gasteiger partial charge on any atom is -0.415 e. The maximum Gasteiger partial charge on any atom is 0.328 e. The molecule has 0 saturated carbocycles. The van der Waals surface area contributed by atoms with Crippen molar-refractivity contribution in [2.45, 2.75) is 76.7 Å². The summed E-state index contributed by atoms with van der Waals surface area (Å²) >= 11 is 0. The molecule has 0 aromatic rings. The fourth-order valence-corrected chi connectivity index (χ4v) is 10.2. The lowest BCUT2D eigenvalue weighted by Crippen LogP contribution is -2.52. The maximum atomic E-state index is 6.49. The van der Waals surface area contributed by atoms with Gasteiger partial charge < -0.3 is 31.9 Å². The molecule has 2 aliphatic rings. The molecule has 2 heterocycles. The van der Waals surface area contributed by atoms with E-state index in [4.69, 9.17) is 31.9 Å². The van der Waals surface area contributed by atoms with Crippen molar-refractivity contribution in [1.29, 1.82) is 0 Å². The maximum absolute atomic E-state index is 6.49. The van der Waals surface area contributed by atoms with Gasteiger partial charge in [0.2, 0.25) is 0 Å². The Bertz CT molecular complexity index is 380. The number of epoxide rings is 2. The van der Waals surface area contributed by atoms with Crippen molar-refractivity contribution in [3.63, 3.8) is 0 Å². The second kappa shape index (κ2) is 9.38. The number of hydrogen-bond donors (Lipinski definition) is 0. The molecule has 0 radical (unpaired) electrons. The van der Waals surface area contributed by atoms with E-state index in [0.717, 1.165) is 38.1 Å². The van der Waals surface area contributed by atoms with E-state index in [2.05, 4.69) is 26.9 Å². The molecule has 0 N–H and O–H groups in total. The van der Waals surface area contributed by atoms with Crippen molar-refractivity contribution < 1.29 is 31.9 Å². The molecule has 0 aromatic carbocycles. The molecule has 6 atom stereocenters. The van der Waals surface area contributed by atoms with Gasteiger partial charge in [-0.3, -0.25) is 0 Å². The van der Waals surface area contributed by atoms with Crippen LogP contribution >= 0.6 is 0 Å². The van der Waals surface area contributed by atoms with E-state index >= 15 is 0 Å². The Kier molecular flexibility index (Phi) is 8.05. The molecule has 9 heteroatoms. The van der Waals surface area contributed by atoms with E-state index in [1.807, 2.05) is 0 Å². The Morgan fingerprint density at radius 1 is 0.760 bits per heavy atom. The van der Waals surface area contributed by atoms with Crippen molar-refractivity contribution in [1.82, 2.24) is 0 Å². The van der Waals surface area contributed by atoms with Gasteiger partial charge in [-0.1, -0.05) is 13.8 Å². The van der Waals surface area contributed by atoms with Gasteiger partial charge in [-0.15, -0.1) is 0 Å². The largest absolute Gasteiger partial charge is 0.415 e. The van der Waals surface area contributed by atoms with Crippen LogP contribution < -0.4 is 0 Å². The van der Waals surface area contributed by atoms with Crippen LogP contribution in [-0.2, 0) is 31.9 Å². The predicted molar refractivity (Wildman–Crippen MR) is 97.8 cm³/mol. The van der Waals surface area contributed by atoms with E-state index in [1.165, 1.54) is 0 Å². The fourth-order valence-electron chi connectivity index (χ4n) is 2.82. The first-order valence-corrected chi connectivity index (χ1v) is 14.3. The highest BCUT2D eigenvalue weighted by atomic mass is 28.5. The van der Waals surface area contributed by atoms with Gasteiger partial charge in [0.25, 0.3) is 0 Å². The van der Waals surface area contributed by atoms with Gasteiger partial charge in [0.15, 0.2) is 12.6 Å². The minimum absolute atomic E-state index is 0.0658. The summed E-state index contributed by atoms with van der Waals surface area (Å²) in [5.74, 6) is 0. The second-order valence-electron chi connectivity index (χ2n) is 7.01. The third kappa shape index (κ3) is 6.67. The Morgan fingerprint density at radius 2 is 1.16 bits per heavy atom. The molecule has 0 aromatic heterocycles. The first-order valence-electron chi connectivity index (χ1n) is 9.23. The van der Waals surface area contributed by atoms with Gasteiger partial charge in [0.1, 0.15) is 12.2 Å². The van der Waals surface area contributed by atoms with Gasteiger partial charge in [-0.05, 0) is 25.9 Å². The topological polar surface area (TPSA) is 71.2 Å². The summed E-state index contributed by atoms with van der Waals surface area (Å²) in [5.41, 5.74) is 0. The first kappa shape index (κ1) is 21.5. The predicted octanol–water partition coefficient (Wildman–Crippen LogP) is 2.74. The van der Waals surface area contributed by atoms with Crippen molar-refractivity contribution >= 4 is 17.1 Å². The average Bonchev–Trinajstić information content (AvgIpc) is 3.49. The Labute approximate surface area is 153 Å². The third-order valence-electron chi connectivity index (χ3n) is 4.48. The Morgan fingerprint density at radius 3 is 1.48 bits per heavy atom. The van der Waals surface area contributed by atoms with Crippen LogP contribution in [0.1, 0.15) is 26.7 Å². The normalized spacial score (nSPS) is 32.9. The second-order valence-corrected chi connectivity index (χ2v) is 14.0. The van der Waals surface area contributed by atoms with Gasteiger partial charge in [0.05, 0.1) is 0 Å². The highest BCUT2D eigenvalue weighted by molar-refractivity contribution is 6.80. The van der Waals surface area contributed by atoms with Gasteiger partial charge in [-0.2, -0.15) is 0 Å². The molecular weight excluding hydrogens is 360 g/mol. The van der Waals surface area contributed by atoms with Gasteiger partial charge in [-0.25, -0.2) is 0 Å². The molecular formula is C16H34O7Si2. The van der Waals surface area contributed by atoms with Crippen LogP contribution in [-0.4, -0.2) is 69.3 Å². The summed E-state index contributed by atoms with van der Waals surface area (Å²) < 4.78 is 40.5. The molecule has 6 unspecified atom stereocenters. The molecule has 7 nitrogen and oxygen atoms in total. The van der Waals surface area contributed by atoms with Crippen molar-refractivity contribution in [2.75, 3.05) is 27.4 Å². The van der Waals surface area contributed by atoms with Crippen LogP contribution in [0.25, 0.3) is 0 Å². The molecule has 0 aliphatic carbocycles. The first-order chi connectivity index (χ1) is 11.9. The molecule has 148 valence electrons. The highest BCUT2D eigenvalue weighted by Crippen LogP contribution is 2.37. The van der Waals surface area contributed by atoms with E-state index in [1.54, 1.807) is 14.2 Å². The van der Waals surface area contributed by atoms with Crippen LogP contribution in [0.3, 0.4) is 0 Å².